The van der Waals surface area contributed by atoms with E-state index in [1.54, 1.807) is 0 Å². The Labute approximate surface area is 80.3 Å². The Bertz CT molecular complexity index is 93.6. The van der Waals surface area contributed by atoms with Gasteiger partial charge in [0.1, 0.15) is 0 Å². The molecule has 0 atom stereocenters. The third-order valence-corrected chi connectivity index (χ3v) is 3.96. The van der Waals surface area contributed by atoms with Crippen LogP contribution in [0.1, 0.15) is 20.3 Å². The van der Waals surface area contributed by atoms with Crippen molar-refractivity contribution in [1.29, 1.82) is 0 Å². The SMILES string of the molecule is CN(C)CCC(C)(C)[O][PbH]. The van der Waals surface area contributed by atoms with E-state index in [2.05, 4.69) is 32.8 Å². The molecule has 0 unspecified atom stereocenters. The zero-order valence-corrected chi connectivity index (χ0v) is 11.8. The van der Waals surface area contributed by atoms with Gasteiger partial charge in [-0.3, -0.25) is 0 Å². The van der Waals surface area contributed by atoms with Gasteiger partial charge in [-0.25, -0.2) is 0 Å². The van der Waals surface area contributed by atoms with Crippen molar-refractivity contribution in [3.63, 3.8) is 0 Å². The minimum atomic E-state index is 0.106. The maximum atomic E-state index is 5.43. The van der Waals surface area contributed by atoms with Crippen molar-refractivity contribution in [1.82, 2.24) is 4.90 Å². The molecule has 0 bridgehead atoms. The monoisotopic (exact) mass is 339 g/mol. The Kier molecular flexibility index (Phi) is 5.06. The molecule has 0 amide bonds. The van der Waals surface area contributed by atoms with Crippen molar-refractivity contribution in [2.45, 2.75) is 25.9 Å². The quantitative estimate of drug-likeness (QED) is 0.694. The molecule has 0 aliphatic carbocycles. The Hall–Kier alpha value is 0.842. The first-order valence-corrected chi connectivity index (χ1v) is 5.34. The molecular formula is C7H17NOPb. The molecule has 0 aliphatic heterocycles. The number of rotatable bonds is 4. The Morgan fingerprint density at radius 1 is 1.40 bits per heavy atom. The van der Waals surface area contributed by atoms with Crippen molar-refractivity contribution in [2.75, 3.05) is 20.6 Å². The van der Waals surface area contributed by atoms with E-state index in [4.69, 9.17) is 2.69 Å². The third-order valence-electron chi connectivity index (χ3n) is 1.48. The van der Waals surface area contributed by atoms with Crippen LogP contribution in [0, 0.1) is 0 Å². The summed E-state index contributed by atoms with van der Waals surface area (Å²) in [6.45, 7) is 5.41. The average molecular weight is 338 g/mol. The van der Waals surface area contributed by atoms with Crippen LogP contribution in [0.25, 0.3) is 0 Å². The molecular weight excluding hydrogens is 321 g/mol. The van der Waals surface area contributed by atoms with Crippen LogP contribution in [0.3, 0.4) is 0 Å². The minimum absolute atomic E-state index is 0.106. The molecule has 2 radical (unpaired) electrons. The van der Waals surface area contributed by atoms with Crippen LogP contribution in [0.2, 0.25) is 0 Å². The standard InChI is InChI=1S/C7H16NO.Pb.H/c1-7(2,9)5-6-8(3)4;;/h5-6H2,1-4H3;;/q-1;+1;. The first-order chi connectivity index (χ1) is 4.48. The molecule has 2 nitrogen and oxygen atoms in total. The summed E-state index contributed by atoms with van der Waals surface area (Å²) >= 11 is 0.655. The van der Waals surface area contributed by atoms with Crippen molar-refractivity contribution < 1.29 is 2.69 Å². The molecule has 0 rings (SSSR count). The van der Waals surface area contributed by atoms with Gasteiger partial charge in [-0.05, 0) is 0 Å². The van der Waals surface area contributed by atoms with E-state index in [0.717, 1.165) is 13.0 Å². The normalized spacial score (nSPS) is 12.6. The van der Waals surface area contributed by atoms with Gasteiger partial charge in [-0.2, -0.15) is 0 Å². The van der Waals surface area contributed by atoms with Gasteiger partial charge < -0.3 is 0 Å². The van der Waals surface area contributed by atoms with Crippen LogP contribution >= 0.6 is 0 Å². The topological polar surface area (TPSA) is 12.5 Å². The second kappa shape index (κ2) is 4.67. The molecule has 0 aromatic heterocycles. The molecule has 0 aromatic carbocycles. The van der Waals surface area contributed by atoms with Gasteiger partial charge in [-0.1, -0.05) is 0 Å². The number of hydrogen-bond acceptors (Lipinski definition) is 2. The predicted molar refractivity (Wildman–Crippen MR) is 45.5 cm³/mol. The Morgan fingerprint density at radius 3 is 2.20 bits per heavy atom. The molecule has 0 heterocycles. The van der Waals surface area contributed by atoms with Gasteiger partial charge in [0.25, 0.3) is 0 Å². The van der Waals surface area contributed by atoms with Crippen LogP contribution in [0.4, 0.5) is 0 Å². The fourth-order valence-corrected chi connectivity index (χ4v) is 1.01. The van der Waals surface area contributed by atoms with E-state index in [-0.39, 0.29) is 5.60 Å². The second-order valence-electron chi connectivity index (χ2n) is 3.43. The molecule has 0 saturated heterocycles. The van der Waals surface area contributed by atoms with E-state index >= 15 is 0 Å². The fourth-order valence-electron chi connectivity index (χ4n) is 0.552. The molecule has 0 fully saturated rings. The van der Waals surface area contributed by atoms with E-state index < -0.39 is 0 Å². The van der Waals surface area contributed by atoms with Gasteiger partial charge in [0, 0.05) is 0 Å². The average Bonchev–Trinajstić information content (AvgIpc) is 1.85. The summed E-state index contributed by atoms with van der Waals surface area (Å²) in [5.41, 5.74) is 0.106. The van der Waals surface area contributed by atoms with Crippen molar-refractivity contribution >= 4 is 26.2 Å². The summed E-state index contributed by atoms with van der Waals surface area (Å²) in [6.07, 6.45) is 1.12. The molecule has 10 heavy (non-hydrogen) atoms. The summed E-state index contributed by atoms with van der Waals surface area (Å²) in [6, 6.07) is 0. The summed E-state index contributed by atoms with van der Waals surface area (Å²) in [4.78, 5) is 2.19. The third kappa shape index (κ3) is 5.61. The number of nitrogens with zero attached hydrogens (tertiary/aromatic N) is 1. The Balaban J connectivity index is 3.46. The zero-order chi connectivity index (χ0) is 8.20. The van der Waals surface area contributed by atoms with Crippen LogP contribution < -0.4 is 0 Å². The summed E-state index contributed by atoms with van der Waals surface area (Å²) in [5, 5.41) is 0. The molecule has 0 aliphatic rings. The van der Waals surface area contributed by atoms with Gasteiger partial charge in [0.2, 0.25) is 0 Å². The maximum absolute atomic E-state index is 5.43. The summed E-state index contributed by atoms with van der Waals surface area (Å²) < 4.78 is 5.43. The fraction of sp³-hybridized carbons (Fsp3) is 1.00. The van der Waals surface area contributed by atoms with Crippen molar-refractivity contribution in [3.05, 3.63) is 0 Å². The first-order valence-electron chi connectivity index (χ1n) is 3.50. The molecule has 0 N–H and O–H groups in total. The van der Waals surface area contributed by atoms with E-state index in [1.165, 1.54) is 0 Å². The molecule has 60 valence electrons. The predicted octanol–water partition coefficient (Wildman–Crippen LogP) is 0.549. The summed E-state index contributed by atoms with van der Waals surface area (Å²) in [7, 11) is 4.18. The van der Waals surface area contributed by atoms with E-state index in [1.807, 2.05) is 0 Å². The van der Waals surface area contributed by atoms with Crippen LogP contribution in [0.5, 0.6) is 0 Å². The van der Waals surface area contributed by atoms with E-state index in [9.17, 15) is 0 Å². The second-order valence-corrected chi connectivity index (χ2v) is 4.35. The van der Waals surface area contributed by atoms with Crippen LogP contribution in [-0.2, 0) is 2.69 Å². The molecule has 3 heteroatoms. The van der Waals surface area contributed by atoms with Crippen LogP contribution in [0.15, 0.2) is 0 Å². The van der Waals surface area contributed by atoms with Gasteiger partial charge in [0.15, 0.2) is 0 Å². The van der Waals surface area contributed by atoms with Crippen molar-refractivity contribution in [2.24, 2.45) is 0 Å². The van der Waals surface area contributed by atoms with Gasteiger partial charge in [0.05, 0.1) is 0 Å². The van der Waals surface area contributed by atoms with Gasteiger partial charge >= 0.3 is 80.3 Å². The Morgan fingerprint density at radius 2 is 1.90 bits per heavy atom. The summed E-state index contributed by atoms with van der Waals surface area (Å²) in [5.74, 6) is 0. The van der Waals surface area contributed by atoms with E-state index in [0.29, 0.717) is 26.2 Å². The zero-order valence-electron chi connectivity index (χ0n) is 7.35. The molecule has 0 spiro atoms. The molecule has 0 aromatic rings. The van der Waals surface area contributed by atoms with Crippen LogP contribution in [-0.4, -0.2) is 57.4 Å². The number of hydrogen-bond donors (Lipinski definition) is 0. The van der Waals surface area contributed by atoms with Crippen molar-refractivity contribution in [3.8, 4) is 0 Å². The first kappa shape index (κ1) is 10.8. The van der Waals surface area contributed by atoms with Gasteiger partial charge in [-0.15, -0.1) is 0 Å². The molecule has 0 saturated carbocycles.